The average Bonchev–Trinajstić information content (AvgIpc) is 3.19. The number of benzene rings is 2. The summed E-state index contributed by atoms with van der Waals surface area (Å²) in [6.45, 7) is 0. The Morgan fingerprint density at radius 2 is 2.07 bits per heavy atom. The van der Waals surface area contributed by atoms with E-state index < -0.39 is 0 Å². The van der Waals surface area contributed by atoms with Crippen molar-refractivity contribution in [1.82, 2.24) is 10.2 Å². The molecule has 6 heteroatoms. The van der Waals surface area contributed by atoms with Crippen LogP contribution < -0.4 is 15.6 Å². The standard InChI is InChI=1S/C24H17N5O/c25-14-16-5-3-6-17(13-16)23-28-22(21-9-1-2-12-29(21)23)24(30)27-20-8-4-7-18-15-26-11-10-19(18)20/h1-13,15,23,28H,(H,27,30)/p+1. The number of pyridine rings is 1. The summed E-state index contributed by atoms with van der Waals surface area (Å²) in [4.78, 5) is 18.3. The number of fused-ring (bicyclic) bond motifs is 2. The van der Waals surface area contributed by atoms with Gasteiger partial charge < -0.3 is 15.5 Å². The molecule has 0 saturated heterocycles. The van der Waals surface area contributed by atoms with Crippen LogP contribution in [0, 0.1) is 11.3 Å². The predicted octanol–water partition coefficient (Wildman–Crippen LogP) is 3.36. The van der Waals surface area contributed by atoms with Crippen LogP contribution >= 0.6 is 0 Å². The Bertz CT molecular complexity index is 1290. The Kier molecular flexibility index (Phi) is 4.26. The van der Waals surface area contributed by atoms with Crippen molar-refractivity contribution < 1.29 is 9.78 Å². The van der Waals surface area contributed by atoms with Gasteiger partial charge in [-0.2, -0.15) is 5.26 Å². The molecule has 3 heterocycles. The highest BCUT2D eigenvalue weighted by Gasteiger charge is 2.34. The van der Waals surface area contributed by atoms with Crippen molar-refractivity contribution in [3.05, 3.63) is 108 Å². The monoisotopic (exact) mass is 392 g/mol. The van der Waals surface area contributed by atoms with E-state index in [0.717, 1.165) is 27.7 Å². The van der Waals surface area contributed by atoms with Gasteiger partial charge in [-0.05, 0) is 42.0 Å². The van der Waals surface area contributed by atoms with Gasteiger partial charge in [0.05, 0.1) is 17.3 Å². The zero-order valence-electron chi connectivity index (χ0n) is 16.0. The molecular weight excluding hydrogens is 374 g/mol. The number of nitrogens with zero attached hydrogens (tertiary/aromatic N) is 2. The van der Waals surface area contributed by atoms with E-state index in [9.17, 15) is 10.1 Å². The fourth-order valence-electron chi connectivity index (χ4n) is 3.84. The highest BCUT2D eigenvalue weighted by molar-refractivity contribution is 6.09. The van der Waals surface area contributed by atoms with Crippen LogP contribution in [-0.2, 0) is 4.79 Å². The van der Waals surface area contributed by atoms with Crippen LogP contribution in [0.3, 0.4) is 0 Å². The van der Waals surface area contributed by atoms with Gasteiger partial charge >= 0.3 is 0 Å². The Balaban J connectivity index is 1.48. The molecule has 0 bridgehead atoms. The molecule has 0 aliphatic carbocycles. The van der Waals surface area contributed by atoms with Crippen molar-refractivity contribution in [3.8, 4) is 6.07 Å². The largest absolute Gasteiger partial charge is 0.355 e. The van der Waals surface area contributed by atoms with E-state index in [1.54, 1.807) is 6.07 Å². The summed E-state index contributed by atoms with van der Waals surface area (Å²) < 4.78 is 0. The summed E-state index contributed by atoms with van der Waals surface area (Å²) in [5.41, 5.74) is 3.52. The van der Waals surface area contributed by atoms with Gasteiger partial charge in [0, 0.05) is 28.7 Å². The first kappa shape index (κ1) is 17.7. The molecule has 144 valence electrons. The number of allylic oxidation sites excluding steroid dienone is 3. The van der Waals surface area contributed by atoms with E-state index in [-0.39, 0.29) is 12.1 Å². The van der Waals surface area contributed by atoms with Gasteiger partial charge in [0.25, 0.3) is 5.91 Å². The summed E-state index contributed by atoms with van der Waals surface area (Å²) in [6, 6.07) is 17.3. The second-order valence-corrected chi connectivity index (χ2v) is 7.06. The molecule has 30 heavy (non-hydrogen) atoms. The van der Waals surface area contributed by atoms with Crippen molar-refractivity contribution in [2.75, 3.05) is 5.32 Å². The van der Waals surface area contributed by atoms with Gasteiger partial charge in [-0.1, -0.05) is 24.3 Å². The number of amides is 1. The third kappa shape index (κ3) is 2.99. The number of carbonyl (C=O) groups is 1. The number of rotatable bonds is 3. The first-order chi connectivity index (χ1) is 14.7. The third-order valence-corrected chi connectivity index (χ3v) is 5.24. The quantitative estimate of drug-likeness (QED) is 0.716. The number of aromatic nitrogens is 1. The van der Waals surface area contributed by atoms with Crippen LogP contribution in [0.25, 0.3) is 10.8 Å². The van der Waals surface area contributed by atoms with E-state index >= 15 is 0 Å². The van der Waals surface area contributed by atoms with Crippen LogP contribution in [0.5, 0.6) is 0 Å². The SMILES string of the molecule is N#Cc1cccc(C2NC(C(=O)Nc3cccc4c[nH+]ccc34)=C3C=CC=CN32)c1. The minimum Gasteiger partial charge on any atom is -0.355 e. The molecular formula is C24H18N5O+. The number of hydrogen-bond acceptors (Lipinski definition) is 4. The fourth-order valence-corrected chi connectivity index (χ4v) is 3.84. The highest BCUT2D eigenvalue weighted by atomic mass is 16.2. The maximum absolute atomic E-state index is 13.2. The Morgan fingerprint density at radius 1 is 1.17 bits per heavy atom. The van der Waals surface area contributed by atoms with E-state index in [1.165, 1.54) is 0 Å². The Labute approximate surface area is 173 Å². The lowest BCUT2D eigenvalue weighted by molar-refractivity contribution is -0.375. The maximum Gasteiger partial charge on any atom is 0.273 e. The molecule has 2 aliphatic rings. The number of hydrogen-bond donors (Lipinski definition) is 2. The van der Waals surface area contributed by atoms with E-state index in [4.69, 9.17) is 0 Å². The van der Waals surface area contributed by atoms with Crippen LogP contribution in [0.1, 0.15) is 17.3 Å². The second-order valence-electron chi connectivity index (χ2n) is 7.06. The third-order valence-electron chi connectivity index (χ3n) is 5.24. The number of H-pyrrole nitrogens is 1. The van der Waals surface area contributed by atoms with E-state index in [2.05, 4.69) is 21.7 Å². The summed E-state index contributed by atoms with van der Waals surface area (Å²) in [6.07, 6.45) is 11.1. The Morgan fingerprint density at radius 3 is 2.97 bits per heavy atom. The first-order valence-electron chi connectivity index (χ1n) is 9.59. The normalized spacial score (nSPS) is 16.9. The number of nitriles is 1. The fraction of sp³-hybridized carbons (Fsp3) is 0.0417. The number of nitrogens with one attached hydrogen (secondary N) is 3. The Hall–Kier alpha value is -4.37. The first-order valence-corrected chi connectivity index (χ1v) is 9.59. The summed E-state index contributed by atoms with van der Waals surface area (Å²) in [5.74, 6) is -0.214. The predicted molar refractivity (Wildman–Crippen MR) is 113 cm³/mol. The minimum absolute atomic E-state index is 0.214. The molecule has 1 aromatic heterocycles. The van der Waals surface area contributed by atoms with Gasteiger partial charge in [-0.3, -0.25) is 4.79 Å². The lowest BCUT2D eigenvalue weighted by atomic mass is 10.1. The van der Waals surface area contributed by atoms with Crippen molar-refractivity contribution >= 4 is 22.4 Å². The lowest BCUT2D eigenvalue weighted by Crippen LogP contribution is -2.28. The molecule has 2 aliphatic heterocycles. The van der Waals surface area contributed by atoms with Gasteiger partial charge in [-0.25, -0.2) is 4.98 Å². The summed E-state index contributed by atoms with van der Waals surface area (Å²) >= 11 is 0. The number of carbonyl (C=O) groups excluding carboxylic acids is 1. The van der Waals surface area contributed by atoms with Crippen molar-refractivity contribution in [2.24, 2.45) is 0 Å². The van der Waals surface area contributed by atoms with E-state index in [1.807, 2.05) is 84.2 Å². The van der Waals surface area contributed by atoms with Crippen LogP contribution in [0.15, 0.2) is 96.7 Å². The van der Waals surface area contributed by atoms with Crippen LogP contribution in [0.4, 0.5) is 5.69 Å². The number of anilines is 1. The zero-order valence-corrected chi connectivity index (χ0v) is 16.0. The second kappa shape index (κ2) is 7.22. The molecule has 0 spiro atoms. The van der Waals surface area contributed by atoms with Gasteiger partial charge in [-0.15, -0.1) is 0 Å². The molecule has 2 aromatic carbocycles. The molecule has 3 aromatic rings. The van der Waals surface area contributed by atoms with Crippen molar-refractivity contribution in [3.63, 3.8) is 0 Å². The molecule has 6 nitrogen and oxygen atoms in total. The molecule has 1 amide bonds. The maximum atomic E-state index is 13.2. The van der Waals surface area contributed by atoms with Gasteiger partial charge in [0.15, 0.2) is 12.4 Å². The van der Waals surface area contributed by atoms with Crippen molar-refractivity contribution in [2.45, 2.75) is 6.17 Å². The molecule has 0 fully saturated rings. The molecule has 1 unspecified atom stereocenters. The van der Waals surface area contributed by atoms with Crippen molar-refractivity contribution in [1.29, 1.82) is 5.26 Å². The molecule has 3 N–H and O–H groups in total. The van der Waals surface area contributed by atoms with Gasteiger partial charge in [0.1, 0.15) is 11.9 Å². The zero-order chi connectivity index (χ0) is 20.5. The van der Waals surface area contributed by atoms with Gasteiger partial charge in [0.2, 0.25) is 0 Å². The highest BCUT2D eigenvalue weighted by Crippen LogP contribution is 2.34. The minimum atomic E-state index is -0.266. The smallest absolute Gasteiger partial charge is 0.273 e. The number of aromatic amines is 1. The lowest BCUT2D eigenvalue weighted by Gasteiger charge is -2.26. The average molecular weight is 392 g/mol. The summed E-state index contributed by atoms with van der Waals surface area (Å²) in [7, 11) is 0. The topological polar surface area (TPSA) is 82.3 Å². The van der Waals surface area contributed by atoms with E-state index in [0.29, 0.717) is 11.3 Å². The molecule has 1 atom stereocenters. The molecule has 0 radical (unpaired) electrons. The van der Waals surface area contributed by atoms with Crippen LogP contribution in [0.2, 0.25) is 0 Å². The molecule has 0 saturated carbocycles. The summed E-state index contributed by atoms with van der Waals surface area (Å²) in [5, 5.41) is 17.6. The molecule has 5 rings (SSSR count). The van der Waals surface area contributed by atoms with Crippen LogP contribution in [-0.4, -0.2) is 10.8 Å².